The molecule has 1 aliphatic rings. The molecule has 3 N–H and O–H groups in total. The maximum atomic E-state index is 13.1. The van der Waals surface area contributed by atoms with Gasteiger partial charge in [-0.2, -0.15) is 0 Å². The molecule has 454 valence electrons. The summed E-state index contributed by atoms with van der Waals surface area (Å²) in [5, 5.41) is 31.5. The van der Waals surface area contributed by atoms with E-state index in [0.29, 0.717) is 19.3 Å². The van der Waals surface area contributed by atoms with Gasteiger partial charge in [-0.3, -0.25) is 14.4 Å². The van der Waals surface area contributed by atoms with Gasteiger partial charge in [0.25, 0.3) is 0 Å². The van der Waals surface area contributed by atoms with Crippen LogP contribution in [0.5, 0.6) is 0 Å². The van der Waals surface area contributed by atoms with Crippen molar-refractivity contribution >= 4 is 23.9 Å². The number of unbranched alkanes of at least 4 members (excludes halogenated alkanes) is 13. The van der Waals surface area contributed by atoms with E-state index in [2.05, 4.69) is 142 Å². The molecule has 0 amide bonds. The first-order chi connectivity index (χ1) is 39.6. The van der Waals surface area contributed by atoms with E-state index < -0.39 is 67.3 Å². The van der Waals surface area contributed by atoms with Crippen molar-refractivity contribution in [3.63, 3.8) is 0 Å². The monoisotopic (exact) mass is 1130 g/mol. The number of ether oxygens (including phenoxy) is 5. The molecule has 0 radical (unpaired) electrons. The Bertz CT molecular complexity index is 1960. The van der Waals surface area contributed by atoms with Crippen molar-refractivity contribution in [2.75, 3.05) is 13.2 Å². The van der Waals surface area contributed by atoms with Crippen LogP contribution in [0, 0.1) is 0 Å². The highest BCUT2D eigenvalue weighted by molar-refractivity contribution is 5.74. The number of carbonyl (C=O) groups excluding carboxylic acids is 3. The van der Waals surface area contributed by atoms with Crippen LogP contribution in [-0.2, 0) is 42.9 Å². The molecule has 1 rings (SSSR count). The number of carboxylic acids is 1. The SMILES string of the molecule is CC/C=C\C/C=C\C/C=C\C/C=C\C/C=C\CC(=O)OC(COC(=O)CCCCCCCC/C=C\C/C=C\C/C=C\CCCCC)COC1OC(C(=O)O)C(O)C(O)C1OC(=O)CCCCCC/C=C\C/C=C\C/C=C\C/C=C\CC. The minimum atomic E-state index is -1.94. The van der Waals surface area contributed by atoms with Gasteiger partial charge in [0.15, 0.2) is 24.6 Å². The lowest BCUT2D eigenvalue weighted by atomic mass is 9.98. The molecule has 0 aliphatic carbocycles. The van der Waals surface area contributed by atoms with Crippen LogP contribution >= 0.6 is 0 Å². The minimum Gasteiger partial charge on any atom is -0.479 e. The van der Waals surface area contributed by atoms with Crippen molar-refractivity contribution in [3.8, 4) is 0 Å². The van der Waals surface area contributed by atoms with Crippen LogP contribution in [0.3, 0.4) is 0 Å². The highest BCUT2D eigenvalue weighted by atomic mass is 16.7. The Morgan fingerprint density at radius 3 is 1.25 bits per heavy atom. The van der Waals surface area contributed by atoms with Crippen LogP contribution in [0.4, 0.5) is 0 Å². The molecule has 0 spiro atoms. The molecule has 12 heteroatoms. The van der Waals surface area contributed by atoms with Gasteiger partial charge in [-0.25, -0.2) is 4.79 Å². The highest BCUT2D eigenvalue weighted by Gasteiger charge is 2.50. The Labute approximate surface area is 489 Å². The number of hydrogen-bond acceptors (Lipinski definition) is 11. The Hall–Kier alpha value is -5.40. The number of allylic oxidation sites excluding steroid dienone is 23. The molecule has 0 aromatic carbocycles. The van der Waals surface area contributed by atoms with Gasteiger partial charge in [-0.15, -0.1) is 0 Å². The number of hydrogen-bond donors (Lipinski definition) is 3. The van der Waals surface area contributed by atoms with Gasteiger partial charge in [-0.05, 0) is 122 Å². The summed E-state index contributed by atoms with van der Waals surface area (Å²) < 4.78 is 28.3. The fourth-order valence-electron chi connectivity index (χ4n) is 8.26. The third kappa shape index (κ3) is 44.9. The fraction of sp³-hybridized carbons (Fsp3) is 0.594. The van der Waals surface area contributed by atoms with E-state index in [-0.39, 0.29) is 25.9 Å². The van der Waals surface area contributed by atoms with Crippen molar-refractivity contribution in [2.24, 2.45) is 0 Å². The first-order valence-electron chi connectivity index (χ1n) is 30.8. The lowest BCUT2D eigenvalue weighted by Crippen LogP contribution is -2.61. The van der Waals surface area contributed by atoms with E-state index in [1.54, 1.807) is 6.08 Å². The maximum absolute atomic E-state index is 13.1. The summed E-state index contributed by atoms with van der Waals surface area (Å²) in [6.45, 7) is 5.62. The third-order valence-corrected chi connectivity index (χ3v) is 12.9. The molecule has 1 fully saturated rings. The molecular weight excluding hydrogens is 1020 g/mol. The second kappa shape index (κ2) is 55.2. The van der Waals surface area contributed by atoms with E-state index in [4.69, 9.17) is 23.7 Å². The molecule has 6 unspecified atom stereocenters. The van der Waals surface area contributed by atoms with Crippen molar-refractivity contribution in [3.05, 3.63) is 146 Å². The van der Waals surface area contributed by atoms with E-state index in [0.717, 1.165) is 128 Å². The number of rotatable bonds is 50. The second-order valence-electron chi connectivity index (χ2n) is 20.2. The molecule has 1 aliphatic heterocycles. The number of carboxylic acid groups (broad SMARTS) is 1. The molecule has 1 heterocycles. The predicted octanol–water partition coefficient (Wildman–Crippen LogP) is 16.3. The molecule has 6 atom stereocenters. The zero-order chi connectivity index (χ0) is 58.9. The molecule has 0 bridgehead atoms. The number of aliphatic carboxylic acids is 1. The molecule has 81 heavy (non-hydrogen) atoms. The van der Waals surface area contributed by atoms with Crippen LogP contribution < -0.4 is 0 Å². The largest absolute Gasteiger partial charge is 0.479 e. The Morgan fingerprint density at radius 2 is 0.815 bits per heavy atom. The third-order valence-electron chi connectivity index (χ3n) is 12.9. The average Bonchev–Trinajstić information content (AvgIpc) is 3.53. The van der Waals surface area contributed by atoms with Crippen molar-refractivity contribution < 1.29 is 58.2 Å². The quantitative estimate of drug-likeness (QED) is 0.0228. The van der Waals surface area contributed by atoms with E-state index in [9.17, 15) is 34.5 Å². The zero-order valence-corrected chi connectivity index (χ0v) is 50.0. The van der Waals surface area contributed by atoms with Gasteiger partial charge >= 0.3 is 23.9 Å². The first kappa shape index (κ1) is 73.6. The van der Waals surface area contributed by atoms with Crippen LogP contribution in [-0.4, -0.2) is 89.2 Å². The normalized spacial score (nSPS) is 18.8. The van der Waals surface area contributed by atoms with Gasteiger partial charge in [0.05, 0.1) is 13.0 Å². The second-order valence-corrected chi connectivity index (χ2v) is 20.2. The summed E-state index contributed by atoms with van der Waals surface area (Å²) in [6.07, 6.45) is 66.9. The average molecular weight is 1130 g/mol. The Morgan fingerprint density at radius 1 is 0.432 bits per heavy atom. The van der Waals surface area contributed by atoms with E-state index in [1.165, 1.54) is 25.7 Å². The van der Waals surface area contributed by atoms with Crippen molar-refractivity contribution in [1.29, 1.82) is 0 Å². The number of esters is 3. The van der Waals surface area contributed by atoms with Crippen molar-refractivity contribution in [1.82, 2.24) is 0 Å². The van der Waals surface area contributed by atoms with Crippen LogP contribution in [0.15, 0.2) is 146 Å². The van der Waals surface area contributed by atoms with Gasteiger partial charge in [0.1, 0.15) is 18.8 Å². The number of aliphatic hydroxyl groups is 2. The zero-order valence-electron chi connectivity index (χ0n) is 50.0. The Balaban J connectivity index is 2.76. The van der Waals surface area contributed by atoms with Crippen LogP contribution in [0.25, 0.3) is 0 Å². The van der Waals surface area contributed by atoms with Crippen LogP contribution in [0.1, 0.15) is 213 Å². The summed E-state index contributed by atoms with van der Waals surface area (Å²) >= 11 is 0. The molecule has 0 aromatic rings. The number of carbonyl (C=O) groups is 4. The van der Waals surface area contributed by atoms with Gasteiger partial charge < -0.3 is 39.0 Å². The van der Waals surface area contributed by atoms with Gasteiger partial charge in [-0.1, -0.05) is 218 Å². The molecule has 0 saturated carbocycles. The maximum Gasteiger partial charge on any atom is 0.335 e. The van der Waals surface area contributed by atoms with E-state index in [1.807, 2.05) is 18.2 Å². The smallest absolute Gasteiger partial charge is 0.335 e. The van der Waals surface area contributed by atoms with Gasteiger partial charge in [0, 0.05) is 12.8 Å². The fourth-order valence-corrected chi connectivity index (χ4v) is 8.26. The summed E-state index contributed by atoms with van der Waals surface area (Å²) in [6, 6.07) is 0. The summed E-state index contributed by atoms with van der Waals surface area (Å²) in [7, 11) is 0. The lowest BCUT2D eigenvalue weighted by molar-refractivity contribution is -0.301. The predicted molar refractivity (Wildman–Crippen MR) is 330 cm³/mol. The minimum absolute atomic E-state index is 0.0121. The molecular formula is C69H106O12. The molecule has 1 saturated heterocycles. The number of aliphatic hydroxyl groups excluding tert-OH is 2. The topological polar surface area (TPSA) is 175 Å². The molecule has 12 nitrogen and oxygen atoms in total. The standard InChI is InChI=1S/C69H106O12/c1-4-7-10-13-16-19-22-25-28-30-31-33-35-37-40-43-46-49-52-55-61(70)77-58-60(79-62(71)56-53-50-47-44-41-38-34-27-24-21-18-15-12-9-6-3)59-78-69-67(65(74)64(73)66(81-69)68(75)76)80-63(72)57-54-51-48-45-42-39-36-32-29-26-23-20-17-14-11-8-5-2/h8-9,11-12,16-21,25-29,31,33-34,36,39,41,44,50,53,60,64-67,69,73-74H,4-7,10,13-15,22-24,30,32,35,37-38,40,42-43,45-49,51-52,54-59H2,1-3H3,(H,75,76)/b11-8-,12-9-,19-16-,20-17-,21-18-,28-25-,29-26-,33-31-,34-27-,39-36-,44-41-,53-50-. The highest BCUT2D eigenvalue weighted by Crippen LogP contribution is 2.26. The summed E-state index contributed by atoms with van der Waals surface area (Å²) in [5.41, 5.74) is 0. The van der Waals surface area contributed by atoms with Gasteiger partial charge in [0.2, 0.25) is 0 Å². The Kier molecular flexibility index (Phi) is 50.1. The summed E-state index contributed by atoms with van der Waals surface area (Å²) in [4.78, 5) is 51.2. The lowest BCUT2D eigenvalue weighted by Gasteiger charge is -2.40. The summed E-state index contributed by atoms with van der Waals surface area (Å²) in [5.74, 6) is -3.36. The van der Waals surface area contributed by atoms with Crippen molar-refractivity contribution in [2.45, 2.75) is 250 Å². The first-order valence-corrected chi connectivity index (χ1v) is 30.8. The molecule has 0 aromatic heterocycles. The van der Waals surface area contributed by atoms with Crippen LogP contribution in [0.2, 0.25) is 0 Å². The van der Waals surface area contributed by atoms with E-state index >= 15 is 0 Å².